The van der Waals surface area contributed by atoms with Crippen molar-refractivity contribution in [3.05, 3.63) is 58.7 Å². The molecule has 3 aromatic rings. The molecule has 2 aromatic carbocycles. The number of rotatable bonds is 6. The fourth-order valence-electron chi connectivity index (χ4n) is 3.12. The first-order valence-electron chi connectivity index (χ1n) is 8.21. The number of halogens is 1. The highest BCUT2D eigenvalue weighted by Gasteiger charge is 2.17. The van der Waals surface area contributed by atoms with Gasteiger partial charge in [-0.1, -0.05) is 29.8 Å². The summed E-state index contributed by atoms with van der Waals surface area (Å²) >= 11 is 6.03. The van der Waals surface area contributed by atoms with E-state index in [1.807, 2.05) is 26.1 Å². The number of methoxy groups -OCH3 is 1. The maximum atomic E-state index is 12.5. The van der Waals surface area contributed by atoms with E-state index >= 15 is 0 Å². The standard InChI is InChI=1S/C19H21ClN2O3S/c1-13-15(16-6-4-5-7-18(16)22(13)2)10-11-21-26(23,24)14-8-9-19(25-3)17(20)12-14/h4-9,12,21H,10-11H2,1-3H3. The highest BCUT2D eigenvalue weighted by atomic mass is 35.5. The normalized spacial score (nSPS) is 11.8. The summed E-state index contributed by atoms with van der Waals surface area (Å²) in [5.74, 6) is 0.442. The van der Waals surface area contributed by atoms with Gasteiger partial charge in [-0.25, -0.2) is 13.1 Å². The topological polar surface area (TPSA) is 60.3 Å². The van der Waals surface area contributed by atoms with Crippen LogP contribution in [0.4, 0.5) is 0 Å². The van der Waals surface area contributed by atoms with E-state index in [9.17, 15) is 8.42 Å². The van der Waals surface area contributed by atoms with Crippen molar-refractivity contribution in [2.75, 3.05) is 13.7 Å². The second kappa shape index (κ2) is 7.31. The van der Waals surface area contributed by atoms with Crippen LogP contribution in [0.3, 0.4) is 0 Å². The minimum absolute atomic E-state index is 0.123. The average Bonchev–Trinajstić information content (AvgIpc) is 2.87. The lowest BCUT2D eigenvalue weighted by atomic mass is 10.1. The van der Waals surface area contributed by atoms with Gasteiger partial charge in [0, 0.05) is 30.2 Å². The predicted molar refractivity (Wildman–Crippen MR) is 105 cm³/mol. The number of ether oxygens (including phenoxy) is 1. The molecule has 0 amide bonds. The number of benzene rings is 2. The molecule has 0 aliphatic rings. The second-order valence-corrected chi connectivity index (χ2v) is 8.26. The molecule has 1 aromatic heterocycles. The number of hydrogen-bond donors (Lipinski definition) is 1. The zero-order chi connectivity index (χ0) is 18.9. The van der Waals surface area contributed by atoms with Crippen molar-refractivity contribution in [3.63, 3.8) is 0 Å². The molecule has 1 heterocycles. The van der Waals surface area contributed by atoms with Gasteiger partial charge in [0.2, 0.25) is 10.0 Å². The Hall–Kier alpha value is -2.02. The monoisotopic (exact) mass is 392 g/mol. The summed E-state index contributed by atoms with van der Waals surface area (Å²) in [5, 5.41) is 1.42. The van der Waals surface area contributed by atoms with Crippen molar-refractivity contribution in [3.8, 4) is 5.75 Å². The number of aryl methyl sites for hydroxylation is 1. The Balaban J connectivity index is 1.77. The van der Waals surface area contributed by atoms with Gasteiger partial charge in [-0.3, -0.25) is 0 Å². The summed E-state index contributed by atoms with van der Waals surface area (Å²) < 4.78 is 34.9. The number of nitrogens with zero attached hydrogens (tertiary/aromatic N) is 1. The zero-order valence-corrected chi connectivity index (χ0v) is 16.5. The number of sulfonamides is 1. The van der Waals surface area contributed by atoms with E-state index in [1.165, 1.54) is 19.2 Å². The van der Waals surface area contributed by atoms with Gasteiger partial charge in [-0.15, -0.1) is 0 Å². The molecule has 0 aliphatic heterocycles. The molecule has 0 radical (unpaired) electrons. The Morgan fingerprint density at radius 3 is 2.62 bits per heavy atom. The Bertz CT molecular complexity index is 1060. The van der Waals surface area contributed by atoms with Crippen LogP contribution in [0.5, 0.6) is 5.75 Å². The third kappa shape index (κ3) is 3.45. The van der Waals surface area contributed by atoms with Crippen LogP contribution in [0, 0.1) is 6.92 Å². The van der Waals surface area contributed by atoms with Crippen molar-refractivity contribution in [1.29, 1.82) is 0 Å². The first kappa shape index (κ1) is 18.8. The molecule has 5 nitrogen and oxygen atoms in total. The van der Waals surface area contributed by atoms with E-state index in [0.29, 0.717) is 18.7 Å². The average molecular weight is 393 g/mol. The van der Waals surface area contributed by atoms with Gasteiger partial charge in [0.1, 0.15) is 5.75 Å². The van der Waals surface area contributed by atoms with E-state index in [0.717, 1.165) is 22.2 Å². The number of aromatic nitrogens is 1. The highest BCUT2D eigenvalue weighted by molar-refractivity contribution is 7.89. The first-order chi connectivity index (χ1) is 12.3. The summed E-state index contributed by atoms with van der Waals surface area (Å²) in [7, 11) is -0.129. The number of fused-ring (bicyclic) bond motifs is 1. The first-order valence-corrected chi connectivity index (χ1v) is 10.1. The molecule has 26 heavy (non-hydrogen) atoms. The van der Waals surface area contributed by atoms with Crippen molar-refractivity contribution in [2.45, 2.75) is 18.2 Å². The molecule has 0 fully saturated rings. The van der Waals surface area contributed by atoms with E-state index in [4.69, 9.17) is 16.3 Å². The van der Waals surface area contributed by atoms with Gasteiger partial charge < -0.3 is 9.30 Å². The molecule has 7 heteroatoms. The van der Waals surface area contributed by atoms with Gasteiger partial charge in [0.25, 0.3) is 0 Å². The molecule has 0 aliphatic carbocycles. The van der Waals surface area contributed by atoms with E-state index < -0.39 is 10.0 Å². The second-order valence-electron chi connectivity index (χ2n) is 6.08. The Labute approximate surface area is 158 Å². The van der Waals surface area contributed by atoms with Crippen molar-refractivity contribution in [1.82, 2.24) is 9.29 Å². The number of nitrogens with one attached hydrogen (secondary N) is 1. The Kier molecular flexibility index (Phi) is 5.27. The summed E-state index contributed by atoms with van der Waals surface area (Å²) in [6.45, 7) is 2.36. The summed E-state index contributed by atoms with van der Waals surface area (Å²) in [6.07, 6.45) is 0.607. The number of hydrogen-bond acceptors (Lipinski definition) is 3. The molecule has 1 N–H and O–H groups in total. The minimum Gasteiger partial charge on any atom is -0.495 e. The molecule has 0 atom stereocenters. The van der Waals surface area contributed by atoms with Gasteiger partial charge in [0.15, 0.2) is 0 Å². The van der Waals surface area contributed by atoms with Crippen molar-refractivity contribution >= 4 is 32.5 Å². The lowest BCUT2D eigenvalue weighted by Crippen LogP contribution is -2.26. The Morgan fingerprint density at radius 2 is 1.92 bits per heavy atom. The molecule has 138 valence electrons. The van der Waals surface area contributed by atoms with Gasteiger partial charge in [-0.2, -0.15) is 0 Å². The summed E-state index contributed by atoms with van der Waals surface area (Å²) in [4.78, 5) is 0.123. The summed E-state index contributed by atoms with van der Waals surface area (Å²) in [6, 6.07) is 12.6. The predicted octanol–water partition coefficient (Wildman–Crippen LogP) is 3.67. The van der Waals surface area contributed by atoms with E-state index in [1.54, 1.807) is 6.07 Å². The Morgan fingerprint density at radius 1 is 1.19 bits per heavy atom. The van der Waals surface area contributed by atoms with E-state index in [2.05, 4.69) is 21.4 Å². The van der Waals surface area contributed by atoms with Gasteiger partial charge >= 0.3 is 0 Å². The SMILES string of the molecule is COc1ccc(S(=O)(=O)NCCc2c(C)n(C)c3ccccc23)cc1Cl. The smallest absolute Gasteiger partial charge is 0.240 e. The molecule has 0 bridgehead atoms. The van der Waals surface area contributed by atoms with Crippen LogP contribution >= 0.6 is 11.6 Å². The molecule has 0 saturated carbocycles. The molecule has 0 spiro atoms. The maximum absolute atomic E-state index is 12.5. The third-order valence-corrected chi connectivity index (χ3v) is 6.39. The minimum atomic E-state index is -3.63. The fraction of sp³-hybridized carbons (Fsp3) is 0.263. The third-order valence-electron chi connectivity index (χ3n) is 4.63. The molecular formula is C19H21ClN2O3S. The van der Waals surface area contributed by atoms with Crippen LogP contribution in [-0.4, -0.2) is 26.6 Å². The van der Waals surface area contributed by atoms with Crippen molar-refractivity contribution < 1.29 is 13.2 Å². The maximum Gasteiger partial charge on any atom is 0.240 e. The zero-order valence-electron chi connectivity index (χ0n) is 14.9. The molecule has 3 rings (SSSR count). The fourth-order valence-corrected chi connectivity index (χ4v) is 4.50. The molecular weight excluding hydrogens is 372 g/mol. The summed E-state index contributed by atoms with van der Waals surface area (Å²) in [5.41, 5.74) is 3.43. The lowest BCUT2D eigenvalue weighted by Gasteiger charge is -2.09. The van der Waals surface area contributed by atoms with Crippen LogP contribution in [-0.2, 0) is 23.5 Å². The quantitative estimate of drug-likeness (QED) is 0.696. The van der Waals surface area contributed by atoms with Crippen LogP contribution in [0.15, 0.2) is 47.4 Å². The van der Waals surface area contributed by atoms with Crippen LogP contribution in [0.25, 0.3) is 10.9 Å². The van der Waals surface area contributed by atoms with Gasteiger partial charge in [-0.05, 0) is 43.2 Å². The largest absolute Gasteiger partial charge is 0.495 e. The van der Waals surface area contributed by atoms with E-state index in [-0.39, 0.29) is 9.92 Å². The van der Waals surface area contributed by atoms with Crippen LogP contribution in [0.1, 0.15) is 11.3 Å². The molecule has 0 unspecified atom stereocenters. The lowest BCUT2D eigenvalue weighted by molar-refractivity contribution is 0.414. The van der Waals surface area contributed by atoms with Crippen molar-refractivity contribution in [2.24, 2.45) is 7.05 Å². The van der Waals surface area contributed by atoms with Crippen LogP contribution in [0.2, 0.25) is 5.02 Å². The van der Waals surface area contributed by atoms with Gasteiger partial charge in [0.05, 0.1) is 17.0 Å². The molecule has 0 saturated heterocycles. The number of para-hydroxylation sites is 1. The highest BCUT2D eigenvalue weighted by Crippen LogP contribution is 2.27. The van der Waals surface area contributed by atoms with Crippen LogP contribution < -0.4 is 9.46 Å².